The third kappa shape index (κ3) is 41.6. The first-order valence-electron chi connectivity index (χ1n) is 23.7. The van der Waals surface area contributed by atoms with Gasteiger partial charge in [0, 0.05) is 19.3 Å². The van der Waals surface area contributed by atoms with Gasteiger partial charge in [0.25, 0.3) is 0 Å². The van der Waals surface area contributed by atoms with E-state index in [0.29, 0.717) is 19.3 Å². The molecule has 0 aromatic heterocycles. The minimum absolute atomic E-state index is 0.0651. The van der Waals surface area contributed by atoms with Crippen molar-refractivity contribution >= 4 is 17.9 Å². The second kappa shape index (κ2) is 41.1. The van der Waals surface area contributed by atoms with Gasteiger partial charge in [0.2, 0.25) is 0 Å². The predicted octanol–water partition coefficient (Wildman–Crippen LogP) is 15.0. The fourth-order valence-electron chi connectivity index (χ4n) is 7.11. The zero-order valence-corrected chi connectivity index (χ0v) is 36.8. The van der Waals surface area contributed by atoms with E-state index >= 15 is 0 Å². The largest absolute Gasteiger partial charge is 0.462 e. The van der Waals surface area contributed by atoms with E-state index in [2.05, 4.69) is 34.6 Å². The van der Waals surface area contributed by atoms with Crippen molar-refractivity contribution in [1.82, 2.24) is 0 Å². The molecule has 1 atom stereocenters. The molecule has 0 saturated carbocycles. The molecule has 0 fully saturated rings. The average Bonchev–Trinajstić information content (AvgIpc) is 3.14. The summed E-state index contributed by atoms with van der Waals surface area (Å²) in [5, 5.41) is 0. The van der Waals surface area contributed by atoms with Gasteiger partial charge in [-0.3, -0.25) is 14.4 Å². The normalized spacial score (nSPS) is 12.1. The summed E-state index contributed by atoms with van der Waals surface area (Å²) in [6, 6.07) is 0. The molecule has 0 aromatic rings. The van der Waals surface area contributed by atoms with Gasteiger partial charge in [0.1, 0.15) is 13.2 Å². The second-order valence-electron chi connectivity index (χ2n) is 17.3. The van der Waals surface area contributed by atoms with Crippen molar-refractivity contribution in [2.45, 2.75) is 265 Å². The minimum atomic E-state index is -0.760. The van der Waals surface area contributed by atoms with Gasteiger partial charge in [0.05, 0.1) is 0 Å². The maximum absolute atomic E-state index is 12.7. The highest BCUT2D eigenvalue weighted by atomic mass is 16.6. The van der Waals surface area contributed by atoms with E-state index in [1.807, 2.05) is 0 Å². The van der Waals surface area contributed by atoms with Gasteiger partial charge >= 0.3 is 17.9 Å². The number of carbonyl (C=O) groups excluding carboxylic acids is 3. The van der Waals surface area contributed by atoms with Gasteiger partial charge in [-0.05, 0) is 31.1 Å². The Morgan fingerprint density at radius 2 is 0.611 bits per heavy atom. The van der Waals surface area contributed by atoms with E-state index in [0.717, 1.165) is 69.6 Å². The molecule has 0 amide bonds. The lowest BCUT2D eigenvalue weighted by Crippen LogP contribution is -2.30. The summed E-state index contributed by atoms with van der Waals surface area (Å²) in [6.45, 7) is 11.3. The van der Waals surface area contributed by atoms with Crippen LogP contribution in [0.25, 0.3) is 0 Å². The van der Waals surface area contributed by atoms with E-state index in [4.69, 9.17) is 14.2 Å². The summed E-state index contributed by atoms with van der Waals surface area (Å²) in [5.41, 5.74) is 0. The molecule has 0 radical (unpaired) electrons. The summed E-state index contributed by atoms with van der Waals surface area (Å²) in [5.74, 6) is 0.748. The van der Waals surface area contributed by atoms with Gasteiger partial charge in [-0.15, -0.1) is 0 Å². The molecule has 54 heavy (non-hydrogen) atoms. The van der Waals surface area contributed by atoms with E-state index in [1.54, 1.807) is 0 Å². The Labute approximate surface area is 336 Å². The highest BCUT2D eigenvalue weighted by molar-refractivity contribution is 5.71. The number of rotatable bonds is 42. The Morgan fingerprint density at radius 3 is 0.907 bits per heavy atom. The van der Waals surface area contributed by atoms with Crippen LogP contribution in [0.5, 0.6) is 0 Å². The number of hydrogen-bond donors (Lipinski definition) is 0. The summed E-state index contributed by atoms with van der Waals surface area (Å²) in [6.07, 6.45) is 39.6. The first-order valence-corrected chi connectivity index (χ1v) is 23.7. The standard InChI is InChI=1S/C48H92O6/c1-6-7-8-9-10-11-19-23-30-35-40-48(51)54-45(42-53-47(50)39-34-29-25-24-27-32-37-44(4)5)41-52-46(49)38-33-28-22-20-17-15-13-12-14-16-18-21-26-31-36-43(2)3/h43-45H,6-42H2,1-5H3/t45-/m1/s1. The Kier molecular flexibility index (Phi) is 39.8. The lowest BCUT2D eigenvalue weighted by atomic mass is 10.0. The van der Waals surface area contributed by atoms with Crippen LogP contribution < -0.4 is 0 Å². The number of carbonyl (C=O) groups is 3. The monoisotopic (exact) mass is 765 g/mol. The maximum atomic E-state index is 12.7. The third-order valence-electron chi connectivity index (χ3n) is 10.7. The molecule has 320 valence electrons. The predicted molar refractivity (Wildman–Crippen MR) is 229 cm³/mol. The van der Waals surface area contributed by atoms with Crippen LogP contribution in [0.15, 0.2) is 0 Å². The molecular formula is C48H92O6. The zero-order valence-electron chi connectivity index (χ0n) is 36.8. The van der Waals surface area contributed by atoms with Gasteiger partial charge in [-0.25, -0.2) is 0 Å². The maximum Gasteiger partial charge on any atom is 0.306 e. The van der Waals surface area contributed by atoms with Crippen LogP contribution in [0.1, 0.15) is 259 Å². The molecule has 0 bridgehead atoms. The topological polar surface area (TPSA) is 78.9 Å². The minimum Gasteiger partial charge on any atom is -0.462 e. The summed E-state index contributed by atoms with van der Waals surface area (Å²) in [4.78, 5) is 37.7. The SMILES string of the molecule is CCCCCCCCCCCCC(=O)O[C@H](COC(=O)CCCCCCCCCCCCCCCCC(C)C)COC(=O)CCCCCCCCC(C)C. The summed E-state index contributed by atoms with van der Waals surface area (Å²) < 4.78 is 16.7. The van der Waals surface area contributed by atoms with Crippen LogP contribution >= 0.6 is 0 Å². The van der Waals surface area contributed by atoms with Crippen molar-refractivity contribution in [3.05, 3.63) is 0 Å². The van der Waals surface area contributed by atoms with Crippen LogP contribution in [0.3, 0.4) is 0 Å². The molecule has 0 spiro atoms. The molecule has 0 saturated heterocycles. The Balaban J connectivity index is 4.24. The van der Waals surface area contributed by atoms with Crippen molar-refractivity contribution < 1.29 is 28.6 Å². The van der Waals surface area contributed by atoms with Crippen molar-refractivity contribution in [2.24, 2.45) is 11.8 Å². The molecule has 0 heterocycles. The molecule has 0 aromatic carbocycles. The van der Waals surface area contributed by atoms with Crippen LogP contribution in [0.2, 0.25) is 0 Å². The van der Waals surface area contributed by atoms with Crippen LogP contribution in [0, 0.1) is 11.8 Å². The molecule has 0 rings (SSSR count). The van der Waals surface area contributed by atoms with E-state index < -0.39 is 6.10 Å². The Bertz CT molecular complexity index is 824. The van der Waals surface area contributed by atoms with Crippen LogP contribution in [0.4, 0.5) is 0 Å². The van der Waals surface area contributed by atoms with Crippen LogP contribution in [-0.2, 0) is 28.6 Å². The quantitative estimate of drug-likeness (QED) is 0.0350. The molecule has 6 heteroatoms. The van der Waals surface area contributed by atoms with Crippen molar-refractivity contribution in [2.75, 3.05) is 13.2 Å². The van der Waals surface area contributed by atoms with Crippen molar-refractivity contribution in [3.63, 3.8) is 0 Å². The zero-order chi connectivity index (χ0) is 39.7. The molecule has 0 aliphatic carbocycles. The highest BCUT2D eigenvalue weighted by Crippen LogP contribution is 2.17. The van der Waals surface area contributed by atoms with Crippen molar-refractivity contribution in [1.29, 1.82) is 0 Å². The smallest absolute Gasteiger partial charge is 0.306 e. The molecule has 0 unspecified atom stereocenters. The van der Waals surface area contributed by atoms with Gasteiger partial charge in [0.15, 0.2) is 6.10 Å². The van der Waals surface area contributed by atoms with Gasteiger partial charge in [-0.2, -0.15) is 0 Å². The van der Waals surface area contributed by atoms with Gasteiger partial charge in [-0.1, -0.05) is 221 Å². The second-order valence-corrected chi connectivity index (χ2v) is 17.3. The molecule has 6 nitrogen and oxygen atoms in total. The Morgan fingerprint density at radius 1 is 0.352 bits per heavy atom. The number of unbranched alkanes of at least 4 members (excludes halogenated alkanes) is 27. The molecular weight excluding hydrogens is 673 g/mol. The summed E-state index contributed by atoms with van der Waals surface area (Å²) in [7, 11) is 0. The fourth-order valence-corrected chi connectivity index (χ4v) is 7.11. The van der Waals surface area contributed by atoms with Crippen molar-refractivity contribution in [3.8, 4) is 0 Å². The molecule has 0 aliphatic heterocycles. The van der Waals surface area contributed by atoms with E-state index in [9.17, 15) is 14.4 Å². The first-order chi connectivity index (χ1) is 26.2. The van der Waals surface area contributed by atoms with E-state index in [-0.39, 0.29) is 31.1 Å². The number of ether oxygens (including phenoxy) is 3. The van der Waals surface area contributed by atoms with Gasteiger partial charge < -0.3 is 14.2 Å². The van der Waals surface area contributed by atoms with Crippen LogP contribution in [-0.4, -0.2) is 37.2 Å². The lowest BCUT2D eigenvalue weighted by Gasteiger charge is -2.18. The lowest BCUT2D eigenvalue weighted by molar-refractivity contribution is -0.167. The Hall–Kier alpha value is -1.59. The fraction of sp³-hybridized carbons (Fsp3) is 0.938. The highest BCUT2D eigenvalue weighted by Gasteiger charge is 2.19. The number of esters is 3. The van der Waals surface area contributed by atoms with E-state index in [1.165, 1.54) is 148 Å². The number of hydrogen-bond acceptors (Lipinski definition) is 6. The average molecular weight is 765 g/mol. The third-order valence-corrected chi connectivity index (χ3v) is 10.7. The first kappa shape index (κ1) is 52.4. The summed E-state index contributed by atoms with van der Waals surface area (Å²) >= 11 is 0. The molecule has 0 aliphatic rings. The molecule has 0 N–H and O–H groups in total.